The number of aliphatic hydroxyl groups excluding tert-OH is 1. The first-order valence-corrected chi connectivity index (χ1v) is 10.3. The quantitative estimate of drug-likeness (QED) is 0.517. The standard InChI is InChI=1S/C19H17BrN6OS/c20-13-4-2-12(3-5-13)14-11-28-18(25-14)16-15(27)10-26(17(16)21)9-8-24-19-22-6-1-7-23-19/h1-7,11,21,27H,8-10H2,(H,22,23,24). The Hall–Kier alpha value is -2.78. The van der Waals surface area contributed by atoms with Crippen LogP contribution in [0.15, 0.2) is 58.3 Å². The minimum absolute atomic E-state index is 0.178. The van der Waals surface area contributed by atoms with Crippen LogP contribution in [0.2, 0.25) is 0 Å². The van der Waals surface area contributed by atoms with E-state index in [2.05, 4.69) is 36.2 Å². The summed E-state index contributed by atoms with van der Waals surface area (Å²) in [5.41, 5.74) is 2.34. The topological polar surface area (TPSA) is 98.0 Å². The molecule has 0 saturated carbocycles. The summed E-state index contributed by atoms with van der Waals surface area (Å²) in [5, 5.41) is 24.6. The molecule has 4 rings (SSSR count). The van der Waals surface area contributed by atoms with Crippen molar-refractivity contribution >= 4 is 44.6 Å². The summed E-state index contributed by atoms with van der Waals surface area (Å²) in [4.78, 5) is 14.7. The molecular weight excluding hydrogens is 440 g/mol. The van der Waals surface area contributed by atoms with Gasteiger partial charge in [-0.3, -0.25) is 5.41 Å². The smallest absolute Gasteiger partial charge is 0.222 e. The molecule has 0 atom stereocenters. The number of benzene rings is 1. The van der Waals surface area contributed by atoms with Crippen LogP contribution in [0, 0.1) is 5.41 Å². The molecule has 142 valence electrons. The van der Waals surface area contributed by atoms with Gasteiger partial charge in [0.1, 0.15) is 16.6 Å². The van der Waals surface area contributed by atoms with Gasteiger partial charge < -0.3 is 15.3 Å². The van der Waals surface area contributed by atoms with E-state index in [1.165, 1.54) is 11.3 Å². The Bertz CT molecular complexity index is 1020. The predicted molar refractivity (Wildman–Crippen MR) is 115 cm³/mol. The van der Waals surface area contributed by atoms with Gasteiger partial charge >= 0.3 is 0 Å². The molecule has 1 aliphatic heterocycles. The van der Waals surface area contributed by atoms with Gasteiger partial charge in [0.25, 0.3) is 0 Å². The average Bonchev–Trinajstić information content (AvgIpc) is 3.28. The van der Waals surface area contributed by atoms with E-state index in [-0.39, 0.29) is 11.6 Å². The summed E-state index contributed by atoms with van der Waals surface area (Å²) in [7, 11) is 0. The second-order valence-corrected chi connectivity index (χ2v) is 7.91. The highest BCUT2D eigenvalue weighted by Crippen LogP contribution is 2.32. The molecule has 1 aromatic carbocycles. The Morgan fingerprint density at radius 3 is 2.71 bits per heavy atom. The van der Waals surface area contributed by atoms with E-state index in [1.807, 2.05) is 29.6 Å². The number of aromatic nitrogens is 3. The van der Waals surface area contributed by atoms with Crippen LogP contribution in [0.25, 0.3) is 16.8 Å². The maximum absolute atomic E-state index is 10.4. The highest BCUT2D eigenvalue weighted by molar-refractivity contribution is 9.10. The highest BCUT2D eigenvalue weighted by atomic mass is 79.9. The molecule has 7 nitrogen and oxygen atoms in total. The summed E-state index contributed by atoms with van der Waals surface area (Å²) in [5.74, 6) is 1.01. The molecule has 0 aliphatic carbocycles. The molecule has 0 radical (unpaired) electrons. The maximum Gasteiger partial charge on any atom is 0.222 e. The third-order valence-electron chi connectivity index (χ3n) is 4.27. The van der Waals surface area contributed by atoms with Crippen LogP contribution in [-0.2, 0) is 0 Å². The molecule has 2 aromatic heterocycles. The first-order valence-electron chi connectivity index (χ1n) is 8.60. The number of halogens is 1. The van der Waals surface area contributed by atoms with E-state index in [4.69, 9.17) is 5.41 Å². The Morgan fingerprint density at radius 2 is 1.96 bits per heavy atom. The van der Waals surface area contributed by atoms with Crippen LogP contribution in [0.3, 0.4) is 0 Å². The number of nitrogens with zero attached hydrogens (tertiary/aromatic N) is 4. The minimum atomic E-state index is 0.178. The fourth-order valence-corrected chi connectivity index (χ4v) is 4.04. The highest BCUT2D eigenvalue weighted by Gasteiger charge is 2.30. The van der Waals surface area contributed by atoms with Gasteiger partial charge in [0.2, 0.25) is 5.95 Å². The van der Waals surface area contributed by atoms with Gasteiger partial charge in [0, 0.05) is 40.9 Å². The van der Waals surface area contributed by atoms with Crippen molar-refractivity contribution in [3.63, 3.8) is 0 Å². The molecule has 0 saturated heterocycles. The number of aliphatic hydroxyl groups is 1. The monoisotopic (exact) mass is 456 g/mol. The normalized spacial score (nSPS) is 14.0. The van der Waals surface area contributed by atoms with Crippen LogP contribution in [0.4, 0.5) is 5.95 Å². The lowest BCUT2D eigenvalue weighted by Gasteiger charge is -2.18. The van der Waals surface area contributed by atoms with Gasteiger partial charge in [-0.1, -0.05) is 28.1 Å². The molecular formula is C19H17BrN6OS. The Labute approximate surface area is 174 Å². The molecule has 1 aliphatic rings. The second kappa shape index (κ2) is 8.07. The average molecular weight is 457 g/mol. The lowest BCUT2D eigenvalue weighted by molar-refractivity contribution is 0.354. The molecule has 0 bridgehead atoms. The van der Waals surface area contributed by atoms with Crippen molar-refractivity contribution in [1.82, 2.24) is 19.9 Å². The lowest BCUT2D eigenvalue weighted by Crippen LogP contribution is -2.31. The molecule has 9 heteroatoms. The molecule has 3 aromatic rings. The minimum Gasteiger partial charge on any atom is -0.510 e. The summed E-state index contributed by atoms with van der Waals surface area (Å²) in [6.45, 7) is 1.42. The SMILES string of the molecule is N=C1C(c2nc(-c3ccc(Br)cc3)cs2)=C(O)CN1CCNc1ncccn1. The van der Waals surface area contributed by atoms with Crippen LogP contribution >= 0.6 is 27.3 Å². The molecule has 0 unspecified atom stereocenters. The van der Waals surface area contributed by atoms with Crippen molar-refractivity contribution in [2.24, 2.45) is 0 Å². The third-order valence-corrected chi connectivity index (χ3v) is 5.66. The summed E-state index contributed by atoms with van der Waals surface area (Å²) < 4.78 is 1.01. The van der Waals surface area contributed by atoms with Gasteiger partial charge in [0.05, 0.1) is 17.8 Å². The van der Waals surface area contributed by atoms with E-state index in [9.17, 15) is 5.11 Å². The van der Waals surface area contributed by atoms with Crippen molar-refractivity contribution in [3.8, 4) is 11.3 Å². The van der Waals surface area contributed by atoms with Crippen LogP contribution in [-0.4, -0.2) is 50.4 Å². The fraction of sp³-hybridized carbons (Fsp3) is 0.158. The van der Waals surface area contributed by atoms with Gasteiger partial charge in [-0.25, -0.2) is 15.0 Å². The summed E-state index contributed by atoms with van der Waals surface area (Å²) in [6, 6.07) is 9.66. The van der Waals surface area contributed by atoms with Gasteiger partial charge in [-0.15, -0.1) is 11.3 Å². The summed E-state index contributed by atoms with van der Waals surface area (Å²) in [6.07, 6.45) is 3.34. The number of nitrogens with one attached hydrogen (secondary N) is 2. The van der Waals surface area contributed by atoms with Crippen molar-refractivity contribution < 1.29 is 5.11 Å². The van der Waals surface area contributed by atoms with E-state index >= 15 is 0 Å². The second-order valence-electron chi connectivity index (χ2n) is 6.14. The van der Waals surface area contributed by atoms with Crippen molar-refractivity contribution in [2.45, 2.75) is 0 Å². The zero-order valence-electron chi connectivity index (χ0n) is 14.8. The van der Waals surface area contributed by atoms with Gasteiger partial charge in [-0.05, 0) is 18.2 Å². The van der Waals surface area contributed by atoms with E-state index in [1.54, 1.807) is 23.4 Å². The van der Waals surface area contributed by atoms with E-state index in [0.717, 1.165) is 15.7 Å². The number of thiazole rings is 1. The Balaban J connectivity index is 1.43. The van der Waals surface area contributed by atoms with Crippen LogP contribution in [0.1, 0.15) is 5.01 Å². The lowest BCUT2D eigenvalue weighted by atomic mass is 10.2. The Kier molecular flexibility index (Phi) is 5.36. The third kappa shape index (κ3) is 3.90. The molecule has 3 N–H and O–H groups in total. The number of anilines is 1. The largest absolute Gasteiger partial charge is 0.510 e. The van der Waals surface area contributed by atoms with Crippen molar-refractivity contribution in [1.29, 1.82) is 5.41 Å². The van der Waals surface area contributed by atoms with Crippen molar-refractivity contribution in [3.05, 3.63) is 63.3 Å². The maximum atomic E-state index is 10.4. The summed E-state index contributed by atoms with van der Waals surface area (Å²) >= 11 is 4.86. The van der Waals surface area contributed by atoms with Crippen LogP contribution < -0.4 is 5.32 Å². The van der Waals surface area contributed by atoms with Gasteiger partial charge in [0.15, 0.2) is 0 Å². The zero-order valence-corrected chi connectivity index (χ0v) is 17.2. The molecule has 0 spiro atoms. The first-order chi connectivity index (χ1) is 13.6. The van der Waals surface area contributed by atoms with E-state index in [0.29, 0.717) is 36.2 Å². The fourth-order valence-electron chi connectivity index (χ4n) is 2.88. The molecule has 28 heavy (non-hydrogen) atoms. The molecule has 3 heterocycles. The number of hydrogen-bond acceptors (Lipinski definition) is 7. The number of hydrogen-bond donors (Lipinski definition) is 3. The van der Waals surface area contributed by atoms with E-state index < -0.39 is 0 Å². The number of amidine groups is 1. The predicted octanol–water partition coefficient (Wildman–Crippen LogP) is 4.04. The molecule has 0 fully saturated rings. The van der Waals surface area contributed by atoms with Gasteiger partial charge in [-0.2, -0.15) is 0 Å². The van der Waals surface area contributed by atoms with Crippen LogP contribution in [0.5, 0.6) is 0 Å². The zero-order chi connectivity index (χ0) is 19.5. The first kappa shape index (κ1) is 18.6. The Morgan fingerprint density at radius 1 is 1.21 bits per heavy atom. The number of rotatable bonds is 6. The molecule has 0 amide bonds. The van der Waals surface area contributed by atoms with Crippen molar-refractivity contribution in [2.75, 3.05) is 25.0 Å².